The van der Waals surface area contributed by atoms with E-state index in [1.165, 1.54) is 56.7 Å². The van der Waals surface area contributed by atoms with Crippen molar-refractivity contribution in [2.75, 3.05) is 18.9 Å². The highest BCUT2D eigenvalue weighted by Crippen LogP contribution is 2.22. The molecule has 0 bridgehead atoms. The summed E-state index contributed by atoms with van der Waals surface area (Å²) in [4.78, 5) is 23.1. The fourth-order valence-electron chi connectivity index (χ4n) is 2.17. The predicted molar refractivity (Wildman–Crippen MR) is 91.1 cm³/mol. The zero-order valence-corrected chi connectivity index (χ0v) is 14.7. The number of rotatable bonds is 5. The van der Waals surface area contributed by atoms with Crippen molar-refractivity contribution in [3.05, 3.63) is 59.2 Å². The number of carbonyl (C=O) groups excluding carboxylic acids is 2. The lowest BCUT2D eigenvalue weighted by atomic mass is 10.1. The predicted octanol–water partition coefficient (Wildman–Crippen LogP) is 2.37. The smallest absolute Gasteiger partial charge is 0.337 e. The topological polar surface area (TPSA) is 98.8 Å². The van der Waals surface area contributed by atoms with Crippen LogP contribution in [0.4, 0.5) is 5.69 Å². The summed E-state index contributed by atoms with van der Waals surface area (Å²) >= 11 is 0. The summed E-state index contributed by atoms with van der Waals surface area (Å²) in [5.41, 5.74) is 0.995. The van der Waals surface area contributed by atoms with Gasteiger partial charge in [-0.25, -0.2) is 18.0 Å². The molecule has 0 aromatic heterocycles. The second-order valence-corrected chi connectivity index (χ2v) is 6.80. The molecule has 0 unspecified atom stereocenters. The van der Waals surface area contributed by atoms with Crippen molar-refractivity contribution in [3.63, 3.8) is 0 Å². The van der Waals surface area contributed by atoms with Gasteiger partial charge in [-0.05, 0) is 42.8 Å². The van der Waals surface area contributed by atoms with Gasteiger partial charge < -0.3 is 9.47 Å². The number of hydrogen-bond donors (Lipinski definition) is 1. The van der Waals surface area contributed by atoms with Gasteiger partial charge in [0.05, 0.1) is 30.2 Å². The lowest BCUT2D eigenvalue weighted by Crippen LogP contribution is -2.16. The van der Waals surface area contributed by atoms with Crippen molar-refractivity contribution in [1.29, 1.82) is 0 Å². The van der Waals surface area contributed by atoms with Gasteiger partial charge in [0.1, 0.15) is 0 Å². The molecule has 2 rings (SSSR count). The molecule has 0 aliphatic heterocycles. The molecule has 2 aromatic carbocycles. The van der Waals surface area contributed by atoms with Crippen molar-refractivity contribution in [1.82, 2.24) is 0 Å². The molecule has 8 heteroatoms. The lowest BCUT2D eigenvalue weighted by Gasteiger charge is -2.12. The van der Waals surface area contributed by atoms with E-state index in [2.05, 4.69) is 14.2 Å². The fourth-order valence-corrected chi connectivity index (χ4v) is 3.49. The number of ether oxygens (including phenoxy) is 2. The molecule has 0 heterocycles. The monoisotopic (exact) mass is 363 g/mol. The van der Waals surface area contributed by atoms with Gasteiger partial charge in [-0.1, -0.05) is 12.1 Å². The van der Waals surface area contributed by atoms with E-state index >= 15 is 0 Å². The van der Waals surface area contributed by atoms with Gasteiger partial charge in [-0.15, -0.1) is 0 Å². The second-order valence-electron chi connectivity index (χ2n) is 5.15. The molecule has 132 valence electrons. The number of benzene rings is 2. The number of methoxy groups -OCH3 is 2. The molecule has 0 aliphatic rings. The average Bonchev–Trinajstić information content (AvgIpc) is 2.60. The maximum Gasteiger partial charge on any atom is 0.337 e. The minimum atomic E-state index is -3.97. The van der Waals surface area contributed by atoms with E-state index < -0.39 is 22.0 Å². The van der Waals surface area contributed by atoms with Crippen LogP contribution in [0.1, 0.15) is 26.3 Å². The lowest BCUT2D eigenvalue weighted by molar-refractivity contribution is 0.0591. The SMILES string of the molecule is COC(=O)c1cccc(NS(=O)(=O)c2cc(C(=O)OC)ccc2C)c1. The van der Waals surface area contributed by atoms with Crippen LogP contribution in [0.15, 0.2) is 47.4 Å². The minimum Gasteiger partial charge on any atom is -0.465 e. The van der Waals surface area contributed by atoms with Crippen molar-refractivity contribution in [2.45, 2.75) is 11.8 Å². The average molecular weight is 363 g/mol. The molecule has 0 saturated heterocycles. The molecule has 7 nitrogen and oxygen atoms in total. The molecule has 0 aliphatic carbocycles. The summed E-state index contributed by atoms with van der Waals surface area (Å²) in [5, 5.41) is 0. The Morgan fingerprint density at radius 3 is 2.12 bits per heavy atom. The number of sulfonamides is 1. The minimum absolute atomic E-state index is 0.0566. The van der Waals surface area contributed by atoms with Gasteiger partial charge in [0.25, 0.3) is 10.0 Å². The molecule has 0 spiro atoms. The Morgan fingerprint density at radius 2 is 1.52 bits per heavy atom. The molecule has 2 aromatic rings. The first-order valence-corrected chi connectivity index (χ1v) is 8.67. The highest BCUT2D eigenvalue weighted by molar-refractivity contribution is 7.92. The Bertz CT molecular complexity index is 920. The third-order valence-electron chi connectivity index (χ3n) is 3.43. The van der Waals surface area contributed by atoms with Gasteiger partial charge >= 0.3 is 11.9 Å². The number of nitrogens with one attached hydrogen (secondary N) is 1. The quantitative estimate of drug-likeness (QED) is 0.819. The molecule has 1 N–H and O–H groups in total. The first-order valence-electron chi connectivity index (χ1n) is 7.18. The summed E-state index contributed by atoms with van der Waals surface area (Å²) in [7, 11) is -1.52. The van der Waals surface area contributed by atoms with Gasteiger partial charge in [0.15, 0.2) is 0 Å². The van der Waals surface area contributed by atoms with Crippen LogP contribution in [-0.2, 0) is 19.5 Å². The van der Waals surface area contributed by atoms with Crippen LogP contribution < -0.4 is 4.72 Å². The van der Waals surface area contributed by atoms with Gasteiger partial charge in [-0.3, -0.25) is 4.72 Å². The van der Waals surface area contributed by atoms with Crippen LogP contribution in [0.25, 0.3) is 0 Å². The highest BCUT2D eigenvalue weighted by atomic mass is 32.2. The van der Waals surface area contributed by atoms with E-state index in [9.17, 15) is 18.0 Å². The number of aryl methyl sites for hydroxylation is 1. The zero-order valence-electron chi connectivity index (χ0n) is 13.9. The van der Waals surface area contributed by atoms with E-state index in [1.807, 2.05) is 0 Å². The third kappa shape index (κ3) is 4.16. The van der Waals surface area contributed by atoms with E-state index in [0.717, 1.165) is 0 Å². The molecule has 25 heavy (non-hydrogen) atoms. The van der Waals surface area contributed by atoms with Crippen molar-refractivity contribution >= 4 is 27.6 Å². The van der Waals surface area contributed by atoms with Crippen LogP contribution in [0.2, 0.25) is 0 Å². The van der Waals surface area contributed by atoms with Crippen molar-refractivity contribution in [3.8, 4) is 0 Å². The van der Waals surface area contributed by atoms with Crippen LogP contribution in [0.5, 0.6) is 0 Å². The summed E-state index contributed by atoms with van der Waals surface area (Å²) in [5.74, 6) is -1.21. The van der Waals surface area contributed by atoms with Crippen molar-refractivity contribution in [2.24, 2.45) is 0 Å². The first kappa shape index (κ1) is 18.5. The van der Waals surface area contributed by atoms with E-state index in [1.54, 1.807) is 6.92 Å². The van der Waals surface area contributed by atoms with Crippen LogP contribution in [0.3, 0.4) is 0 Å². The molecule has 0 amide bonds. The zero-order chi connectivity index (χ0) is 18.6. The molecule has 0 saturated carbocycles. The van der Waals surface area contributed by atoms with Crippen LogP contribution >= 0.6 is 0 Å². The number of hydrogen-bond acceptors (Lipinski definition) is 6. The fraction of sp³-hybridized carbons (Fsp3) is 0.176. The van der Waals surface area contributed by atoms with E-state index in [4.69, 9.17) is 0 Å². The first-order chi connectivity index (χ1) is 11.8. The third-order valence-corrected chi connectivity index (χ3v) is 4.96. The molecule has 0 fully saturated rings. The Morgan fingerprint density at radius 1 is 0.920 bits per heavy atom. The molecular formula is C17H17NO6S. The van der Waals surface area contributed by atoms with Crippen LogP contribution in [0, 0.1) is 6.92 Å². The Labute approximate surface area is 145 Å². The number of anilines is 1. The van der Waals surface area contributed by atoms with Gasteiger partial charge in [0, 0.05) is 5.69 Å². The summed E-state index contributed by atoms with van der Waals surface area (Å²) in [6.07, 6.45) is 0. The molecule has 0 radical (unpaired) electrons. The summed E-state index contributed by atoms with van der Waals surface area (Å²) in [6, 6.07) is 10.2. The van der Waals surface area contributed by atoms with Gasteiger partial charge in [-0.2, -0.15) is 0 Å². The Hall–Kier alpha value is -2.87. The largest absolute Gasteiger partial charge is 0.465 e. The highest BCUT2D eigenvalue weighted by Gasteiger charge is 2.20. The summed E-state index contributed by atoms with van der Waals surface area (Å²) in [6.45, 7) is 1.61. The Kier molecular flexibility index (Phi) is 5.43. The Balaban J connectivity index is 2.40. The van der Waals surface area contributed by atoms with Crippen molar-refractivity contribution < 1.29 is 27.5 Å². The van der Waals surface area contributed by atoms with E-state index in [0.29, 0.717) is 5.56 Å². The van der Waals surface area contributed by atoms with E-state index in [-0.39, 0.29) is 21.7 Å². The van der Waals surface area contributed by atoms with Gasteiger partial charge in [0.2, 0.25) is 0 Å². The maximum atomic E-state index is 12.7. The second kappa shape index (κ2) is 7.35. The van der Waals surface area contributed by atoms with Crippen LogP contribution in [-0.4, -0.2) is 34.6 Å². The number of esters is 2. The normalized spacial score (nSPS) is 10.8. The standard InChI is InChI=1S/C17H17NO6S/c1-11-7-8-13(17(20)24-3)10-15(11)25(21,22)18-14-6-4-5-12(9-14)16(19)23-2/h4-10,18H,1-3H3. The molecule has 0 atom stereocenters. The number of carbonyl (C=O) groups is 2. The molecular weight excluding hydrogens is 346 g/mol. The maximum absolute atomic E-state index is 12.7. The summed E-state index contributed by atoms with van der Waals surface area (Å²) < 4.78 is 36.9.